The van der Waals surface area contributed by atoms with Crippen LogP contribution in [0, 0.1) is 6.92 Å². The summed E-state index contributed by atoms with van der Waals surface area (Å²) in [5.74, 6) is -0.397. The standard InChI is InChI=1S/C23H26N2O3/c1-4-12-28-23(27)18-10-11-21-19(13-18)22(26)20(16(2)24-21)15-25(3)14-17-8-6-5-7-9-17/h5-11,13H,4,12,14-15H2,1-3H3,(H,24,26). The maximum Gasteiger partial charge on any atom is 0.338 e. The topological polar surface area (TPSA) is 62.4 Å². The molecular formula is C23H26N2O3. The van der Waals surface area contributed by atoms with E-state index in [-0.39, 0.29) is 5.43 Å². The number of aryl methyl sites for hydroxylation is 1. The van der Waals surface area contributed by atoms with Gasteiger partial charge in [0, 0.05) is 35.2 Å². The molecular weight excluding hydrogens is 352 g/mol. The lowest BCUT2D eigenvalue weighted by molar-refractivity contribution is 0.0505. The Morgan fingerprint density at radius 1 is 1.11 bits per heavy atom. The number of pyridine rings is 1. The Bertz CT molecular complexity index is 1030. The second kappa shape index (κ2) is 8.85. The van der Waals surface area contributed by atoms with Gasteiger partial charge in [-0.3, -0.25) is 9.69 Å². The number of hydrogen-bond donors (Lipinski definition) is 1. The minimum Gasteiger partial charge on any atom is -0.462 e. The van der Waals surface area contributed by atoms with Gasteiger partial charge in [0.1, 0.15) is 0 Å². The fraction of sp³-hybridized carbons (Fsp3) is 0.304. The van der Waals surface area contributed by atoms with E-state index in [1.165, 1.54) is 5.56 Å². The number of aromatic amines is 1. The molecule has 1 aromatic heterocycles. The van der Waals surface area contributed by atoms with Crippen molar-refractivity contribution in [3.05, 3.63) is 81.1 Å². The van der Waals surface area contributed by atoms with Crippen molar-refractivity contribution in [3.63, 3.8) is 0 Å². The first kappa shape index (κ1) is 19.8. The molecule has 1 heterocycles. The van der Waals surface area contributed by atoms with Gasteiger partial charge in [0.05, 0.1) is 12.2 Å². The van der Waals surface area contributed by atoms with Crippen LogP contribution < -0.4 is 5.43 Å². The second-order valence-electron chi connectivity index (χ2n) is 7.11. The van der Waals surface area contributed by atoms with Gasteiger partial charge in [-0.05, 0) is 44.2 Å². The number of nitrogens with one attached hydrogen (secondary N) is 1. The van der Waals surface area contributed by atoms with E-state index in [1.807, 2.05) is 39.1 Å². The highest BCUT2D eigenvalue weighted by Crippen LogP contribution is 2.16. The highest BCUT2D eigenvalue weighted by molar-refractivity contribution is 5.94. The summed E-state index contributed by atoms with van der Waals surface area (Å²) in [5.41, 5.74) is 3.84. The SMILES string of the molecule is CCCOC(=O)c1ccc2[nH]c(C)c(CN(C)Cc3ccccc3)c(=O)c2c1. The Morgan fingerprint density at radius 3 is 2.57 bits per heavy atom. The average Bonchev–Trinajstić information content (AvgIpc) is 2.70. The second-order valence-corrected chi connectivity index (χ2v) is 7.11. The predicted molar refractivity (Wildman–Crippen MR) is 111 cm³/mol. The summed E-state index contributed by atoms with van der Waals surface area (Å²) in [5, 5.41) is 0.514. The Kier molecular flexibility index (Phi) is 6.26. The van der Waals surface area contributed by atoms with Crippen LogP contribution in [-0.2, 0) is 17.8 Å². The van der Waals surface area contributed by atoms with Gasteiger partial charge in [-0.15, -0.1) is 0 Å². The third-order valence-electron chi connectivity index (χ3n) is 4.71. The third-order valence-corrected chi connectivity index (χ3v) is 4.71. The van der Waals surface area contributed by atoms with E-state index in [1.54, 1.807) is 18.2 Å². The zero-order chi connectivity index (χ0) is 20.1. The molecule has 1 N–H and O–H groups in total. The van der Waals surface area contributed by atoms with Gasteiger partial charge >= 0.3 is 5.97 Å². The maximum atomic E-state index is 13.1. The maximum absolute atomic E-state index is 13.1. The molecule has 0 amide bonds. The first-order valence-electron chi connectivity index (χ1n) is 9.54. The molecule has 0 bridgehead atoms. The molecule has 0 aliphatic heterocycles. The Labute approximate surface area is 165 Å². The quantitative estimate of drug-likeness (QED) is 0.631. The lowest BCUT2D eigenvalue weighted by atomic mass is 10.1. The Hall–Kier alpha value is -2.92. The highest BCUT2D eigenvalue weighted by Gasteiger charge is 2.14. The zero-order valence-corrected chi connectivity index (χ0v) is 16.6. The van der Waals surface area contributed by atoms with Crippen LogP contribution in [0.2, 0.25) is 0 Å². The van der Waals surface area contributed by atoms with Crippen molar-refractivity contribution in [2.24, 2.45) is 0 Å². The molecule has 0 saturated carbocycles. The van der Waals surface area contributed by atoms with E-state index in [0.29, 0.717) is 29.7 Å². The van der Waals surface area contributed by atoms with Crippen molar-refractivity contribution in [2.75, 3.05) is 13.7 Å². The van der Waals surface area contributed by atoms with E-state index in [2.05, 4.69) is 22.0 Å². The van der Waals surface area contributed by atoms with E-state index < -0.39 is 5.97 Å². The van der Waals surface area contributed by atoms with E-state index in [9.17, 15) is 9.59 Å². The average molecular weight is 378 g/mol. The molecule has 0 saturated heterocycles. The summed E-state index contributed by atoms with van der Waals surface area (Å²) in [6.07, 6.45) is 0.761. The van der Waals surface area contributed by atoms with Crippen molar-refractivity contribution >= 4 is 16.9 Å². The van der Waals surface area contributed by atoms with Gasteiger partial charge in [-0.1, -0.05) is 37.3 Å². The fourth-order valence-electron chi connectivity index (χ4n) is 3.27. The number of aromatic nitrogens is 1. The number of carbonyl (C=O) groups is 1. The predicted octanol–water partition coefficient (Wildman–Crippen LogP) is 4.04. The molecule has 0 radical (unpaired) electrons. The minimum atomic E-state index is -0.397. The molecule has 2 aromatic carbocycles. The number of esters is 1. The largest absolute Gasteiger partial charge is 0.462 e. The van der Waals surface area contributed by atoms with Crippen LogP contribution in [0.3, 0.4) is 0 Å². The molecule has 28 heavy (non-hydrogen) atoms. The number of fused-ring (bicyclic) bond motifs is 1. The fourth-order valence-corrected chi connectivity index (χ4v) is 3.27. The van der Waals surface area contributed by atoms with E-state index >= 15 is 0 Å². The minimum absolute atomic E-state index is 0.0451. The number of rotatable bonds is 7. The van der Waals surface area contributed by atoms with Crippen LogP contribution in [0.15, 0.2) is 53.3 Å². The van der Waals surface area contributed by atoms with Crippen LogP contribution in [0.5, 0.6) is 0 Å². The summed E-state index contributed by atoms with van der Waals surface area (Å²) < 4.78 is 5.19. The zero-order valence-electron chi connectivity index (χ0n) is 16.6. The van der Waals surface area contributed by atoms with E-state index in [4.69, 9.17) is 4.74 Å². The normalized spacial score (nSPS) is 11.1. The molecule has 5 nitrogen and oxygen atoms in total. The number of H-pyrrole nitrogens is 1. The summed E-state index contributed by atoms with van der Waals surface area (Å²) in [6.45, 7) is 5.50. The number of nitrogens with zero attached hydrogens (tertiary/aromatic N) is 1. The van der Waals surface area contributed by atoms with Crippen molar-refractivity contribution in [1.82, 2.24) is 9.88 Å². The summed E-state index contributed by atoms with van der Waals surface area (Å²) >= 11 is 0. The lowest BCUT2D eigenvalue weighted by Crippen LogP contribution is -2.24. The Morgan fingerprint density at radius 2 is 1.86 bits per heavy atom. The van der Waals surface area contributed by atoms with Crippen molar-refractivity contribution in [1.29, 1.82) is 0 Å². The number of hydrogen-bond acceptors (Lipinski definition) is 4. The number of benzene rings is 2. The van der Waals surface area contributed by atoms with Crippen molar-refractivity contribution in [3.8, 4) is 0 Å². The molecule has 0 spiro atoms. The third kappa shape index (κ3) is 4.49. The van der Waals surface area contributed by atoms with Crippen LogP contribution in [0.1, 0.15) is 40.5 Å². The molecule has 0 unspecified atom stereocenters. The van der Waals surface area contributed by atoms with E-state index in [0.717, 1.165) is 24.2 Å². The lowest BCUT2D eigenvalue weighted by Gasteiger charge is -2.18. The van der Waals surface area contributed by atoms with Crippen LogP contribution in [0.25, 0.3) is 10.9 Å². The summed E-state index contributed by atoms with van der Waals surface area (Å²) in [7, 11) is 1.99. The monoisotopic (exact) mass is 378 g/mol. The van der Waals surface area contributed by atoms with Gasteiger partial charge in [0.2, 0.25) is 0 Å². The molecule has 0 aliphatic carbocycles. The summed E-state index contributed by atoms with van der Waals surface area (Å²) in [6, 6.07) is 15.2. The molecule has 5 heteroatoms. The molecule has 3 aromatic rings. The first-order chi connectivity index (χ1) is 13.5. The molecule has 0 atom stereocenters. The van der Waals surface area contributed by atoms with Crippen molar-refractivity contribution < 1.29 is 9.53 Å². The number of carbonyl (C=O) groups excluding carboxylic acids is 1. The van der Waals surface area contributed by atoms with Crippen molar-refractivity contribution in [2.45, 2.75) is 33.4 Å². The highest BCUT2D eigenvalue weighted by atomic mass is 16.5. The molecule has 0 aliphatic rings. The van der Waals surface area contributed by atoms with Crippen LogP contribution in [0.4, 0.5) is 0 Å². The Balaban J connectivity index is 1.89. The van der Waals surface area contributed by atoms with Crippen LogP contribution in [-0.4, -0.2) is 29.5 Å². The van der Waals surface area contributed by atoms with Gasteiger partial charge in [0.25, 0.3) is 0 Å². The molecule has 3 rings (SSSR count). The van der Waals surface area contributed by atoms with Crippen LogP contribution >= 0.6 is 0 Å². The first-order valence-corrected chi connectivity index (χ1v) is 9.54. The molecule has 0 fully saturated rings. The summed E-state index contributed by atoms with van der Waals surface area (Å²) in [4.78, 5) is 30.7. The van der Waals surface area contributed by atoms with Gasteiger partial charge < -0.3 is 9.72 Å². The van der Waals surface area contributed by atoms with Gasteiger partial charge in [-0.25, -0.2) is 4.79 Å². The number of ether oxygens (including phenoxy) is 1. The van der Waals surface area contributed by atoms with Gasteiger partial charge in [0.15, 0.2) is 5.43 Å². The van der Waals surface area contributed by atoms with Gasteiger partial charge in [-0.2, -0.15) is 0 Å². The smallest absolute Gasteiger partial charge is 0.338 e. The molecule has 146 valence electrons.